The van der Waals surface area contributed by atoms with E-state index in [-0.39, 0.29) is 5.41 Å². The monoisotopic (exact) mass is 225 g/mol. The van der Waals surface area contributed by atoms with Crippen LogP contribution in [0.1, 0.15) is 46.0 Å². The minimum Gasteiger partial charge on any atom is -0.381 e. The second-order valence-electron chi connectivity index (χ2n) is 5.26. The zero-order valence-corrected chi connectivity index (χ0v) is 10.7. The summed E-state index contributed by atoms with van der Waals surface area (Å²) in [5.74, 6) is 0. The van der Waals surface area contributed by atoms with Crippen molar-refractivity contribution in [2.45, 2.75) is 58.2 Å². The quantitative estimate of drug-likeness (QED) is 0.722. The molecule has 0 N–H and O–H groups in total. The van der Waals surface area contributed by atoms with Crippen LogP contribution in [0.15, 0.2) is 0 Å². The van der Waals surface area contributed by atoms with Gasteiger partial charge in [0.25, 0.3) is 0 Å². The van der Waals surface area contributed by atoms with Crippen molar-refractivity contribution >= 4 is 0 Å². The summed E-state index contributed by atoms with van der Waals surface area (Å²) in [5, 5.41) is 8.89. The molecule has 1 rings (SSSR count). The van der Waals surface area contributed by atoms with Crippen molar-refractivity contribution < 1.29 is 9.47 Å². The molecule has 0 aromatic rings. The van der Waals surface area contributed by atoms with Crippen molar-refractivity contribution in [2.24, 2.45) is 5.41 Å². The zero-order chi connectivity index (χ0) is 12.0. The average molecular weight is 225 g/mol. The molecule has 1 saturated carbocycles. The topological polar surface area (TPSA) is 42.2 Å². The van der Waals surface area contributed by atoms with Crippen molar-refractivity contribution in [3.8, 4) is 6.07 Å². The fourth-order valence-corrected chi connectivity index (χ4v) is 2.00. The van der Waals surface area contributed by atoms with E-state index in [4.69, 9.17) is 14.7 Å². The highest BCUT2D eigenvalue weighted by atomic mass is 16.5. The van der Waals surface area contributed by atoms with Crippen LogP contribution in [0.5, 0.6) is 0 Å². The Balaban J connectivity index is 2.20. The zero-order valence-electron chi connectivity index (χ0n) is 10.7. The molecule has 92 valence electrons. The first-order chi connectivity index (χ1) is 7.57. The molecule has 0 heterocycles. The Morgan fingerprint density at radius 1 is 1.31 bits per heavy atom. The van der Waals surface area contributed by atoms with Gasteiger partial charge in [-0.1, -0.05) is 0 Å². The summed E-state index contributed by atoms with van der Waals surface area (Å²) in [4.78, 5) is 0. The molecule has 2 atom stereocenters. The van der Waals surface area contributed by atoms with Crippen LogP contribution in [-0.4, -0.2) is 25.9 Å². The maximum atomic E-state index is 8.89. The van der Waals surface area contributed by atoms with Gasteiger partial charge in [0.2, 0.25) is 0 Å². The highest BCUT2D eigenvalue weighted by Gasteiger charge is 2.23. The molecule has 0 saturated heterocycles. The first-order valence-corrected chi connectivity index (χ1v) is 6.13. The summed E-state index contributed by atoms with van der Waals surface area (Å²) in [5.41, 5.74) is -0.269. The Bertz CT molecular complexity index is 245. The van der Waals surface area contributed by atoms with Crippen molar-refractivity contribution in [3.63, 3.8) is 0 Å². The number of nitriles is 1. The van der Waals surface area contributed by atoms with E-state index >= 15 is 0 Å². The predicted molar refractivity (Wildman–Crippen MR) is 63.0 cm³/mol. The van der Waals surface area contributed by atoms with Gasteiger partial charge in [0, 0.05) is 13.7 Å². The van der Waals surface area contributed by atoms with E-state index in [1.165, 1.54) is 6.42 Å². The smallest absolute Gasteiger partial charge is 0.0684 e. The third-order valence-corrected chi connectivity index (χ3v) is 3.29. The molecule has 3 heteroatoms. The Morgan fingerprint density at radius 3 is 2.62 bits per heavy atom. The van der Waals surface area contributed by atoms with E-state index in [2.05, 4.69) is 6.07 Å². The molecule has 1 aliphatic carbocycles. The summed E-state index contributed by atoms with van der Waals surface area (Å²) in [6.07, 6.45) is 5.97. The fourth-order valence-electron chi connectivity index (χ4n) is 2.00. The molecule has 1 fully saturated rings. The Kier molecular flexibility index (Phi) is 5.24. The van der Waals surface area contributed by atoms with Gasteiger partial charge in [-0.3, -0.25) is 0 Å². The lowest BCUT2D eigenvalue weighted by atomic mass is 9.91. The lowest BCUT2D eigenvalue weighted by Crippen LogP contribution is -2.28. The van der Waals surface area contributed by atoms with Gasteiger partial charge in [0.1, 0.15) is 0 Å². The molecule has 0 bridgehead atoms. The van der Waals surface area contributed by atoms with Gasteiger partial charge in [-0.25, -0.2) is 0 Å². The number of hydrogen-bond donors (Lipinski definition) is 0. The standard InChI is InChI=1S/C13H23NO2/c1-13(2,10-14)7-8-16-12-6-4-5-11(9-12)15-3/h11-12H,4-9H2,1-3H3. The van der Waals surface area contributed by atoms with Crippen LogP contribution in [0.4, 0.5) is 0 Å². The lowest BCUT2D eigenvalue weighted by Gasteiger charge is -2.28. The normalized spacial score (nSPS) is 26.4. The molecule has 0 aromatic heterocycles. The van der Waals surface area contributed by atoms with Crippen molar-refractivity contribution in [1.29, 1.82) is 5.26 Å². The summed E-state index contributed by atoms with van der Waals surface area (Å²) < 4.78 is 11.2. The highest BCUT2D eigenvalue weighted by Crippen LogP contribution is 2.25. The van der Waals surface area contributed by atoms with Gasteiger partial charge >= 0.3 is 0 Å². The molecule has 16 heavy (non-hydrogen) atoms. The van der Waals surface area contributed by atoms with Crippen LogP contribution < -0.4 is 0 Å². The van der Waals surface area contributed by atoms with Gasteiger partial charge in [-0.05, 0) is 46.0 Å². The van der Waals surface area contributed by atoms with Crippen LogP contribution >= 0.6 is 0 Å². The van der Waals surface area contributed by atoms with Crippen LogP contribution in [0.2, 0.25) is 0 Å². The fraction of sp³-hybridized carbons (Fsp3) is 0.923. The van der Waals surface area contributed by atoms with Crippen molar-refractivity contribution in [1.82, 2.24) is 0 Å². The first-order valence-electron chi connectivity index (χ1n) is 6.13. The second-order valence-corrected chi connectivity index (χ2v) is 5.26. The van der Waals surface area contributed by atoms with E-state index in [0.717, 1.165) is 25.7 Å². The molecule has 1 aliphatic rings. The number of hydrogen-bond acceptors (Lipinski definition) is 3. The predicted octanol–water partition coefficient (Wildman–Crippen LogP) is 2.90. The summed E-state index contributed by atoms with van der Waals surface area (Å²) in [6.45, 7) is 4.59. The van der Waals surface area contributed by atoms with Gasteiger partial charge in [0.05, 0.1) is 23.7 Å². The van der Waals surface area contributed by atoms with Gasteiger partial charge < -0.3 is 9.47 Å². The number of methoxy groups -OCH3 is 1. The summed E-state index contributed by atoms with van der Waals surface area (Å²) in [6, 6.07) is 2.29. The third kappa shape index (κ3) is 4.51. The van der Waals surface area contributed by atoms with Crippen LogP contribution in [0, 0.1) is 16.7 Å². The van der Waals surface area contributed by atoms with Gasteiger partial charge in [-0.2, -0.15) is 5.26 Å². The Hall–Kier alpha value is -0.590. The van der Waals surface area contributed by atoms with E-state index in [9.17, 15) is 0 Å². The summed E-state index contributed by atoms with van der Waals surface area (Å²) >= 11 is 0. The largest absolute Gasteiger partial charge is 0.381 e. The Labute approximate surface area is 98.7 Å². The minimum atomic E-state index is -0.269. The first kappa shape index (κ1) is 13.5. The van der Waals surface area contributed by atoms with Crippen LogP contribution in [0.3, 0.4) is 0 Å². The molecule has 3 nitrogen and oxygen atoms in total. The SMILES string of the molecule is COC1CCCC(OCCC(C)(C)C#N)C1. The Morgan fingerprint density at radius 2 is 2.00 bits per heavy atom. The van der Waals surface area contributed by atoms with E-state index in [0.29, 0.717) is 18.8 Å². The minimum absolute atomic E-state index is 0.269. The van der Waals surface area contributed by atoms with E-state index < -0.39 is 0 Å². The van der Waals surface area contributed by atoms with E-state index in [1.807, 2.05) is 13.8 Å². The number of nitrogens with zero attached hydrogens (tertiary/aromatic N) is 1. The second kappa shape index (κ2) is 6.22. The van der Waals surface area contributed by atoms with Crippen molar-refractivity contribution in [3.05, 3.63) is 0 Å². The average Bonchev–Trinajstić information content (AvgIpc) is 2.29. The maximum absolute atomic E-state index is 8.89. The molecular weight excluding hydrogens is 202 g/mol. The van der Waals surface area contributed by atoms with E-state index in [1.54, 1.807) is 7.11 Å². The molecule has 0 spiro atoms. The highest BCUT2D eigenvalue weighted by molar-refractivity contribution is 4.91. The van der Waals surface area contributed by atoms with Gasteiger partial charge in [-0.15, -0.1) is 0 Å². The summed E-state index contributed by atoms with van der Waals surface area (Å²) in [7, 11) is 1.77. The lowest BCUT2D eigenvalue weighted by molar-refractivity contribution is -0.0337. The number of rotatable bonds is 5. The molecule has 2 unspecified atom stereocenters. The van der Waals surface area contributed by atoms with Crippen LogP contribution in [-0.2, 0) is 9.47 Å². The van der Waals surface area contributed by atoms with Crippen molar-refractivity contribution in [2.75, 3.05) is 13.7 Å². The van der Waals surface area contributed by atoms with Gasteiger partial charge in [0.15, 0.2) is 0 Å². The third-order valence-electron chi connectivity index (χ3n) is 3.29. The molecule has 0 radical (unpaired) electrons. The molecule has 0 aromatic carbocycles. The number of ether oxygens (including phenoxy) is 2. The maximum Gasteiger partial charge on any atom is 0.0684 e. The molecule has 0 amide bonds. The molecular formula is C13H23NO2. The van der Waals surface area contributed by atoms with Crippen LogP contribution in [0.25, 0.3) is 0 Å². The molecule has 0 aliphatic heterocycles.